The van der Waals surface area contributed by atoms with E-state index in [1.807, 2.05) is 0 Å². The predicted molar refractivity (Wildman–Crippen MR) is 74.5 cm³/mol. The van der Waals surface area contributed by atoms with Gasteiger partial charge in [0.15, 0.2) is 0 Å². The first kappa shape index (κ1) is 13.7. The lowest BCUT2D eigenvalue weighted by Gasteiger charge is -2.05. The van der Waals surface area contributed by atoms with Gasteiger partial charge in [-0.15, -0.1) is 0 Å². The number of halogens is 1. The number of carbonyl (C=O) groups excluding carboxylic acids is 1. The number of hydrogen-bond donors (Lipinski definition) is 1. The molecule has 0 aliphatic carbocycles. The van der Waals surface area contributed by atoms with E-state index in [-0.39, 0.29) is 5.82 Å². The monoisotopic (exact) mass is 272 g/mol. The first-order valence-electron chi connectivity index (χ1n) is 5.92. The van der Waals surface area contributed by atoms with Gasteiger partial charge in [0, 0.05) is 0 Å². The van der Waals surface area contributed by atoms with Crippen LogP contribution in [0.1, 0.15) is 15.9 Å². The Bertz CT molecular complexity index is 641. The summed E-state index contributed by atoms with van der Waals surface area (Å²) < 4.78 is 18.0. The second-order valence-corrected chi connectivity index (χ2v) is 3.95. The fourth-order valence-electron chi connectivity index (χ4n) is 1.64. The molecular weight excluding hydrogens is 259 g/mol. The lowest BCUT2D eigenvalue weighted by molar-refractivity contribution is 0.0952. The highest BCUT2D eigenvalue weighted by atomic mass is 19.1. The molecule has 2 aromatic rings. The largest absolute Gasteiger partial charge is 0.496 e. The number of hydrogen-bond acceptors (Lipinski definition) is 3. The second-order valence-electron chi connectivity index (χ2n) is 3.95. The highest BCUT2D eigenvalue weighted by molar-refractivity contribution is 5.97. The molecule has 2 rings (SSSR count). The second kappa shape index (κ2) is 6.47. The standard InChI is InChI=1S/C15H13FN2O2/c1-20-14-8-3-2-7-13(14)15(19)18-17-10-11-5-4-6-12(16)9-11/h2-10H,1H3,(H,18,19)/b17-10+. The van der Waals surface area contributed by atoms with Crippen LogP contribution in [0.15, 0.2) is 53.6 Å². The zero-order chi connectivity index (χ0) is 14.4. The van der Waals surface area contributed by atoms with Crippen molar-refractivity contribution in [2.45, 2.75) is 0 Å². The van der Waals surface area contributed by atoms with Crippen LogP contribution in [0.2, 0.25) is 0 Å². The Balaban J connectivity index is 2.05. The molecule has 0 unspecified atom stereocenters. The van der Waals surface area contributed by atoms with Gasteiger partial charge in [0.05, 0.1) is 18.9 Å². The van der Waals surface area contributed by atoms with Crippen LogP contribution in [-0.2, 0) is 0 Å². The Kier molecular flexibility index (Phi) is 4.44. The Labute approximate surface area is 115 Å². The van der Waals surface area contributed by atoms with Gasteiger partial charge in [0.1, 0.15) is 11.6 Å². The summed E-state index contributed by atoms with van der Waals surface area (Å²) in [4.78, 5) is 11.9. The van der Waals surface area contributed by atoms with Crippen LogP contribution in [0.5, 0.6) is 5.75 Å². The molecule has 0 aliphatic heterocycles. The van der Waals surface area contributed by atoms with Crippen LogP contribution in [-0.4, -0.2) is 19.2 Å². The summed E-state index contributed by atoms with van der Waals surface area (Å²) in [7, 11) is 1.49. The summed E-state index contributed by atoms with van der Waals surface area (Å²) in [6.45, 7) is 0. The lowest BCUT2D eigenvalue weighted by Crippen LogP contribution is -2.18. The van der Waals surface area contributed by atoms with Crippen molar-refractivity contribution in [2.75, 3.05) is 7.11 Å². The molecule has 0 aliphatic rings. The first-order valence-corrected chi connectivity index (χ1v) is 5.92. The van der Waals surface area contributed by atoms with Crippen molar-refractivity contribution >= 4 is 12.1 Å². The Morgan fingerprint density at radius 1 is 1.25 bits per heavy atom. The van der Waals surface area contributed by atoms with Crippen LogP contribution < -0.4 is 10.2 Å². The molecule has 0 atom stereocenters. The van der Waals surface area contributed by atoms with Gasteiger partial charge >= 0.3 is 0 Å². The smallest absolute Gasteiger partial charge is 0.275 e. The van der Waals surface area contributed by atoms with Crippen molar-refractivity contribution in [1.82, 2.24) is 5.43 Å². The highest BCUT2D eigenvalue weighted by Crippen LogP contribution is 2.16. The molecule has 0 heterocycles. The van der Waals surface area contributed by atoms with Gasteiger partial charge in [-0.3, -0.25) is 4.79 Å². The molecule has 102 valence electrons. The fourth-order valence-corrected chi connectivity index (χ4v) is 1.64. The van der Waals surface area contributed by atoms with Crippen LogP contribution in [0.3, 0.4) is 0 Å². The van der Waals surface area contributed by atoms with E-state index in [2.05, 4.69) is 10.5 Å². The van der Waals surface area contributed by atoms with Crippen LogP contribution >= 0.6 is 0 Å². The number of hydrazone groups is 1. The summed E-state index contributed by atoms with van der Waals surface area (Å²) >= 11 is 0. The number of amides is 1. The van der Waals surface area contributed by atoms with E-state index in [1.165, 1.54) is 25.5 Å². The SMILES string of the molecule is COc1ccccc1C(=O)N/N=C/c1cccc(F)c1. The number of para-hydroxylation sites is 1. The van der Waals surface area contributed by atoms with Crippen molar-refractivity contribution < 1.29 is 13.9 Å². The molecule has 0 saturated heterocycles. The maximum absolute atomic E-state index is 13.0. The third kappa shape index (κ3) is 3.41. The number of carbonyl (C=O) groups is 1. The summed E-state index contributed by atoms with van der Waals surface area (Å²) in [5.74, 6) is -0.286. The number of benzene rings is 2. The van der Waals surface area contributed by atoms with Crippen LogP contribution in [0.4, 0.5) is 4.39 Å². The van der Waals surface area contributed by atoms with Crippen molar-refractivity contribution in [1.29, 1.82) is 0 Å². The van der Waals surface area contributed by atoms with E-state index in [9.17, 15) is 9.18 Å². The molecule has 4 nitrogen and oxygen atoms in total. The van der Waals surface area contributed by atoms with E-state index in [1.54, 1.807) is 36.4 Å². The molecule has 0 aromatic heterocycles. The molecule has 0 spiro atoms. The Morgan fingerprint density at radius 3 is 2.80 bits per heavy atom. The summed E-state index contributed by atoms with van der Waals surface area (Å²) in [5.41, 5.74) is 3.31. The molecular formula is C15H13FN2O2. The lowest BCUT2D eigenvalue weighted by atomic mass is 10.2. The van der Waals surface area contributed by atoms with E-state index < -0.39 is 5.91 Å². The van der Waals surface area contributed by atoms with Gasteiger partial charge < -0.3 is 4.74 Å². The first-order chi connectivity index (χ1) is 9.70. The normalized spacial score (nSPS) is 10.5. The third-order valence-electron chi connectivity index (χ3n) is 2.58. The summed E-state index contributed by atoms with van der Waals surface area (Å²) in [6.07, 6.45) is 1.37. The van der Waals surface area contributed by atoms with Crippen molar-refractivity contribution in [3.8, 4) is 5.75 Å². The van der Waals surface area contributed by atoms with Gasteiger partial charge in [-0.1, -0.05) is 24.3 Å². The van der Waals surface area contributed by atoms with Crippen LogP contribution in [0.25, 0.3) is 0 Å². The summed E-state index contributed by atoms with van der Waals surface area (Å²) in [6, 6.07) is 12.7. The quantitative estimate of drug-likeness (QED) is 0.687. The minimum atomic E-state index is -0.393. The maximum atomic E-state index is 13.0. The minimum absolute atomic E-state index is 0.356. The molecule has 0 fully saturated rings. The molecule has 1 amide bonds. The molecule has 0 radical (unpaired) electrons. The number of rotatable bonds is 4. The maximum Gasteiger partial charge on any atom is 0.275 e. The van der Waals surface area contributed by atoms with E-state index in [0.29, 0.717) is 16.9 Å². The van der Waals surface area contributed by atoms with Crippen molar-refractivity contribution in [3.63, 3.8) is 0 Å². The highest BCUT2D eigenvalue weighted by Gasteiger charge is 2.09. The number of ether oxygens (including phenoxy) is 1. The summed E-state index contributed by atoms with van der Waals surface area (Å²) in [5, 5.41) is 3.79. The van der Waals surface area contributed by atoms with Crippen molar-refractivity contribution in [2.24, 2.45) is 5.10 Å². The molecule has 5 heteroatoms. The number of methoxy groups -OCH3 is 1. The third-order valence-corrected chi connectivity index (χ3v) is 2.58. The van der Waals surface area contributed by atoms with Gasteiger partial charge in [0.25, 0.3) is 5.91 Å². The molecule has 0 bridgehead atoms. The topological polar surface area (TPSA) is 50.7 Å². The van der Waals surface area contributed by atoms with Gasteiger partial charge in [-0.2, -0.15) is 5.10 Å². The zero-order valence-electron chi connectivity index (χ0n) is 10.8. The molecule has 20 heavy (non-hydrogen) atoms. The fraction of sp³-hybridized carbons (Fsp3) is 0.0667. The van der Waals surface area contributed by atoms with E-state index >= 15 is 0 Å². The van der Waals surface area contributed by atoms with Gasteiger partial charge in [-0.05, 0) is 29.8 Å². The van der Waals surface area contributed by atoms with Crippen LogP contribution in [0, 0.1) is 5.82 Å². The van der Waals surface area contributed by atoms with Gasteiger partial charge in [0.2, 0.25) is 0 Å². The number of nitrogens with zero attached hydrogens (tertiary/aromatic N) is 1. The number of nitrogens with one attached hydrogen (secondary N) is 1. The molecule has 0 saturated carbocycles. The van der Waals surface area contributed by atoms with Crippen molar-refractivity contribution in [3.05, 3.63) is 65.5 Å². The molecule has 2 aromatic carbocycles. The average molecular weight is 272 g/mol. The zero-order valence-corrected chi connectivity index (χ0v) is 10.8. The van der Waals surface area contributed by atoms with E-state index in [4.69, 9.17) is 4.74 Å². The van der Waals surface area contributed by atoms with E-state index in [0.717, 1.165) is 0 Å². The minimum Gasteiger partial charge on any atom is -0.496 e. The molecule has 1 N–H and O–H groups in total. The predicted octanol–water partition coefficient (Wildman–Crippen LogP) is 2.60. The average Bonchev–Trinajstić information content (AvgIpc) is 2.47. The van der Waals surface area contributed by atoms with Gasteiger partial charge in [-0.25, -0.2) is 9.82 Å². The Morgan fingerprint density at radius 2 is 2.05 bits per heavy atom. The Hall–Kier alpha value is -2.69.